The first-order valence-electron chi connectivity index (χ1n) is 3.79. The third kappa shape index (κ3) is 1.53. The summed E-state index contributed by atoms with van der Waals surface area (Å²) in [5, 5.41) is 0. The molecule has 0 fully saturated rings. The predicted molar refractivity (Wildman–Crippen MR) is 43.3 cm³/mol. The monoisotopic (exact) mass is 161 g/mol. The molecule has 2 aromatic rings. The quantitative estimate of drug-likeness (QED) is 0.660. The molecule has 0 saturated carbocycles. The zero-order chi connectivity index (χ0) is 8.23. The summed E-state index contributed by atoms with van der Waals surface area (Å²) in [6.45, 7) is 1.83. The third-order valence-electron chi connectivity index (χ3n) is 1.68. The van der Waals surface area contributed by atoms with Crippen LogP contribution < -0.4 is 0 Å². The number of aryl methyl sites for hydroxylation is 2. The fraction of sp³-hybridized carbons (Fsp3) is 0.250. The molecule has 2 heterocycles. The minimum Gasteiger partial charge on any atom is -0.336 e. The van der Waals surface area contributed by atoms with Crippen molar-refractivity contribution in [2.45, 2.75) is 13.1 Å². The van der Waals surface area contributed by atoms with Crippen LogP contribution >= 0.6 is 0 Å². The zero-order valence-corrected chi connectivity index (χ0v) is 6.59. The highest BCUT2D eigenvalue weighted by Gasteiger charge is 1.90. The molecule has 4 heteroatoms. The molecule has 12 heavy (non-hydrogen) atoms. The molecule has 0 spiro atoms. The van der Waals surface area contributed by atoms with E-state index < -0.39 is 0 Å². The molecule has 2 aromatic heterocycles. The Hall–Kier alpha value is -1.58. The maximum Gasteiger partial charge on any atom is 0.108 e. The molecule has 0 saturated heterocycles. The van der Waals surface area contributed by atoms with E-state index in [0.717, 1.165) is 13.1 Å². The topological polar surface area (TPSA) is 35.6 Å². The Morgan fingerprint density at radius 2 is 2.08 bits per heavy atom. The number of hydrogen-bond acceptors (Lipinski definition) is 2. The molecule has 0 bridgehead atoms. The summed E-state index contributed by atoms with van der Waals surface area (Å²) in [5.74, 6) is 0. The van der Waals surface area contributed by atoms with Crippen LogP contribution in [0.3, 0.4) is 0 Å². The lowest BCUT2D eigenvalue weighted by molar-refractivity contribution is 0.578. The fourth-order valence-electron chi connectivity index (χ4n) is 1.02. The molecule has 1 radical (unpaired) electrons. The summed E-state index contributed by atoms with van der Waals surface area (Å²) in [6, 6.07) is 0. The number of rotatable bonds is 3. The summed E-state index contributed by atoms with van der Waals surface area (Å²) in [7, 11) is 0. The van der Waals surface area contributed by atoms with E-state index >= 15 is 0 Å². The highest BCUT2D eigenvalue weighted by molar-refractivity contribution is 4.76. The van der Waals surface area contributed by atoms with Gasteiger partial charge in [-0.05, 0) is 0 Å². The largest absolute Gasteiger partial charge is 0.336 e. The van der Waals surface area contributed by atoms with Crippen LogP contribution in [0.25, 0.3) is 0 Å². The van der Waals surface area contributed by atoms with E-state index in [4.69, 9.17) is 0 Å². The van der Waals surface area contributed by atoms with Crippen molar-refractivity contribution in [2.75, 3.05) is 0 Å². The van der Waals surface area contributed by atoms with Crippen molar-refractivity contribution in [1.82, 2.24) is 19.1 Å². The zero-order valence-electron chi connectivity index (χ0n) is 6.59. The molecule has 0 unspecified atom stereocenters. The van der Waals surface area contributed by atoms with Gasteiger partial charge in [-0.1, -0.05) is 0 Å². The summed E-state index contributed by atoms with van der Waals surface area (Å²) < 4.78 is 4.01. The summed E-state index contributed by atoms with van der Waals surface area (Å²) in [4.78, 5) is 7.79. The average molecular weight is 161 g/mol. The first-order valence-corrected chi connectivity index (χ1v) is 3.79. The Kier molecular flexibility index (Phi) is 1.90. The van der Waals surface area contributed by atoms with E-state index in [1.807, 2.05) is 21.5 Å². The predicted octanol–water partition coefficient (Wildman–Crippen LogP) is 0.580. The number of aromatic nitrogens is 4. The number of imidazole rings is 2. The van der Waals surface area contributed by atoms with Crippen molar-refractivity contribution in [3.63, 3.8) is 0 Å². The summed E-state index contributed by atoms with van der Waals surface area (Å²) in [5.41, 5.74) is 0. The number of hydrogen-bond donors (Lipinski definition) is 0. The molecule has 0 aromatic carbocycles. The molecule has 2 rings (SSSR count). The van der Waals surface area contributed by atoms with Gasteiger partial charge in [-0.2, -0.15) is 0 Å². The van der Waals surface area contributed by atoms with Crippen LogP contribution in [0.15, 0.2) is 31.2 Å². The second-order valence-electron chi connectivity index (χ2n) is 2.54. The first-order chi connectivity index (χ1) is 5.95. The molecule has 0 atom stereocenters. The maximum atomic E-state index is 3.95. The average Bonchev–Trinajstić information content (AvgIpc) is 2.74. The van der Waals surface area contributed by atoms with Gasteiger partial charge in [-0.15, -0.1) is 0 Å². The van der Waals surface area contributed by atoms with Crippen LogP contribution in [0, 0.1) is 6.20 Å². The van der Waals surface area contributed by atoms with Crippen molar-refractivity contribution >= 4 is 0 Å². The summed E-state index contributed by atoms with van der Waals surface area (Å²) >= 11 is 0. The van der Waals surface area contributed by atoms with Gasteiger partial charge in [0.15, 0.2) is 0 Å². The highest BCUT2D eigenvalue weighted by atomic mass is 15.1. The van der Waals surface area contributed by atoms with Crippen molar-refractivity contribution in [3.8, 4) is 0 Å². The molecule has 4 nitrogen and oxygen atoms in total. The number of nitrogens with zero attached hydrogens (tertiary/aromatic N) is 4. The second kappa shape index (κ2) is 3.21. The van der Waals surface area contributed by atoms with Crippen molar-refractivity contribution in [1.29, 1.82) is 0 Å². The van der Waals surface area contributed by atoms with E-state index in [1.54, 1.807) is 18.9 Å². The van der Waals surface area contributed by atoms with Gasteiger partial charge in [0.2, 0.25) is 0 Å². The standard InChI is InChI=1S/C8H9N4/c1-3-11(7-9-1)5-6-12-4-2-10-8-12/h1,3-4,7-8H,5-6H2. The lowest BCUT2D eigenvalue weighted by atomic mass is 10.6. The molecule has 61 valence electrons. The van der Waals surface area contributed by atoms with Gasteiger partial charge in [0, 0.05) is 31.7 Å². The van der Waals surface area contributed by atoms with Crippen molar-refractivity contribution < 1.29 is 0 Å². The van der Waals surface area contributed by atoms with Gasteiger partial charge in [-0.3, -0.25) is 0 Å². The lowest BCUT2D eigenvalue weighted by Gasteiger charge is -2.01. The van der Waals surface area contributed by atoms with E-state index in [9.17, 15) is 0 Å². The van der Waals surface area contributed by atoms with Crippen molar-refractivity contribution in [2.24, 2.45) is 0 Å². The molecule has 0 amide bonds. The van der Waals surface area contributed by atoms with E-state index in [0.29, 0.717) is 0 Å². The molecular weight excluding hydrogens is 152 g/mol. The highest BCUT2D eigenvalue weighted by Crippen LogP contribution is 1.90. The van der Waals surface area contributed by atoms with Crippen LogP contribution in [-0.4, -0.2) is 19.1 Å². The van der Waals surface area contributed by atoms with Gasteiger partial charge in [0.25, 0.3) is 0 Å². The minimum absolute atomic E-state index is 0.910. The van der Waals surface area contributed by atoms with Crippen LogP contribution in [0.1, 0.15) is 0 Å². The Morgan fingerprint density at radius 3 is 2.75 bits per heavy atom. The van der Waals surface area contributed by atoms with Gasteiger partial charge in [-0.25, -0.2) is 9.97 Å². The molecule has 0 aliphatic rings. The van der Waals surface area contributed by atoms with Gasteiger partial charge < -0.3 is 9.13 Å². The minimum atomic E-state index is 0.910. The smallest absolute Gasteiger partial charge is 0.108 e. The van der Waals surface area contributed by atoms with E-state index in [2.05, 4.69) is 16.2 Å². The molecule has 0 N–H and O–H groups in total. The molecule has 0 aliphatic carbocycles. The van der Waals surface area contributed by atoms with Crippen LogP contribution in [0.2, 0.25) is 0 Å². The molecule has 0 aliphatic heterocycles. The summed E-state index contributed by atoms with van der Waals surface area (Å²) in [6.07, 6.45) is 11.9. The van der Waals surface area contributed by atoms with E-state index in [-0.39, 0.29) is 0 Å². The van der Waals surface area contributed by atoms with Crippen LogP contribution in [-0.2, 0) is 13.1 Å². The SMILES string of the molecule is [c]1cn(CCn2ccnc2)cn1. The normalized spacial score (nSPS) is 10.3. The van der Waals surface area contributed by atoms with E-state index in [1.165, 1.54) is 0 Å². The first kappa shape index (κ1) is 7.09. The van der Waals surface area contributed by atoms with Gasteiger partial charge in [0.05, 0.1) is 12.7 Å². The Labute approximate surface area is 70.5 Å². The van der Waals surface area contributed by atoms with Crippen LogP contribution in [0.5, 0.6) is 0 Å². The van der Waals surface area contributed by atoms with Crippen LogP contribution in [0.4, 0.5) is 0 Å². The van der Waals surface area contributed by atoms with Crippen molar-refractivity contribution in [3.05, 3.63) is 37.4 Å². The Bertz CT molecular complexity index is 274. The fourth-order valence-corrected chi connectivity index (χ4v) is 1.02. The molecular formula is C8H9N4. The Balaban J connectivity index is 1.91. The maximum absolute atomic E-state index is 3.95. The third-order valence-corrected chi connectivity index (χ3v) is 1.68. The van der Waals surface area contributed by atoms with Gasteiger partial charge >= 0.3 is 0 Å². The second-order valence-corrected chi connectivity index (χ2v) is 2.54. The van der Waals surface area contributed by atoms with Gasteiger partial charge in [0.1, 0.15) is 6.20 Å². The lowest BCUT2D eigenvalue weighted by Crippen LogP contribution is -2.03. The Morgan fingerprint density at radius 1 is 1.17 bits per heavy atom.